The highest BCUT2D eigenvalue weighted by atomic mass is 79.9. The zero-order valence-electron chi connectivity index (χ0n) is 7.01. The van der Waals surface area contributed by atoms with Gasteiger partial charge in [0.15, 0.2) is 0 Å². The highest BCUT2D eigenvalue weighted by Crippen LogP contribution is 2.15. The van der Waals surface area contributed by atoms with Crippen molar-refractivity contribution in [2.24, 2.45) is 5.92 Å². The van der Waals surface area contributed by atoms with Crippen LogP contribution in [0.15, 0.2) is 22.9 Å². The average molecular weight is 283 g/mol. The first-order valence-corrected chi connectivity index (χ1v) is 5.83. The molecule has 0 aliphatic rings. The van der Waals surface area contributed by atoms with Crippen LogP contribution in [0.3, 0.4) is 0 Å². The van der Waals surface area contributed by atoms with Gasteiger partial charge in [-0.1, -0.05) is 0 Å². The van der Waals surface area contributed by atoms with Crippen LogP contribution >= 0.6 is 39.1 Å². The SMILES string of the molecule is ClCC(CCl)Cc1cncc(Br)c1. The zero-order valence-corrected chi connectivity index (χ0v) is 10.1. The molecule has 0 N–H and O–H groups in total. The third kappa shape index (κ3) is 3.84. The van der Waals surface area contributed by atoms with E-state index in [1.54, 1.807) is 6.20 Å². The molecular weight excluding hydrogens is 273 g/mol. The molecule has 1 heterocycles. The van der Waals surface area contributed by atoms with Crippen LogP contribution in [0.5, 0.6) is 0 Å². The van der Waals surface area contributed by atoms with Crippen LogP contribution in [0.25, 0.3) is 0 Å². The standard InChI is InChI=1S/C9H10BrCl2N/c10-9-2-7(5-13-6-9)1-8(3-11)4-12/h2,5-6,8H,1,3-4H2. The summed E-state index contributed by atoms with van der Waals surface area (Å²) in [5.74, 6) is 1.52. The van der Waals surface area contributed by atoms with Crippen LogP contribution in [-0.2, 0) is 6.42 Å². The van der Waals surface area contributed by atoms with Gasteiger partial charge >= 0.3 is 0 Å². The first-order valence-electron chi connectivity index (χ1n) is 3.97. The van der Waals surface area contributed by atoms with E-state index in [1.165, 1.54) is 5.56 Å². The van der Waals surface area contributed by atoms with Gasteiger partial charge in [0.1, 0.15) is 0 Å². The topological polar surface area (TPSA) is 12.9 Å². The average Bonchev–Trinajstić information content (AvgIpc) is 2.14. The van der Waals surface area contributed by atoms with Crippen LogP contribution in [-0.4, -0.2) is 16.7 Å². The smallest absolute Gasteiger partial charge is 0.0410 e. The summed E-state index contributed by atoms with van der Waals surface area (Å²) in [5, 5.41) is 0. The molecule has 0 fully saturated rings. The molecule has 0 unspecified atom stereocenters. The summed E-state index contributed by atoms with van der Waals surface area (Å²) in [6.45, 7) is 0. The molecule has 0 saturated heterocycles. The van der Waals surface area contributed by atoms with Crippen molar-refractivity contribution in [2.75, 3.05) is 11.8 Å². The predicted octanol–water partition coefficient (Wildman–Crippen LogP) is 3.48. The largest absolute Gasteiger partial charge is 0.263 e. The van der Waals surface area contributed by atoms with E-state index in [9.17, 15) is 0 Å². The third-order valence-corrected chi connectivity index (χ3v) is 3.03. The second kappa shape index (κ2) is 5.84. The first kappa shape index (κ1) is 11.3. The number of nitrogens with zero attached hydrogens (tertiary/aromatic N) is 1. The molecule has 72 valence electrons. The Bertz CT molecular complexity index is 264. The van der Waals surface area contributed by atoms with E-state index < -0.39 is 0 Å². The summed E-state index contributed by atoms with van der Waals surface area (Å²) in [6, 6.07) is 2.04. The minimum absolute atomic E-state index is 0.333. The van der Waals surface area contributed by atoms with E-state index >= 15 is 0 Å². The van der Waals surface area contributed by atoms with Gasteiger partial charge in [0, 0.05) is 28.6 Å². The number of pyridine rings is 1. The molecule has 1 rings (SSSR count). The molecule has 1 aromatic rings. The molecule has 13 heavy (non-hydrogen) atoms. The van der Waals surface area contributed by atoms with Gasteiger partial charge in [0.05, 0.1) is 0 Å². The lowest BCUT2D eigenvalue weighted by atomic mass is 10.0. The second-order valence-corrected chi connectivity index (χ2v) is 4.42. The molecule has 0 spiro atoms. The summed E-state index contributed by atoms with van der Waals surface area (Å²) in [5.41, 5.74) is 1.17. The highest BCUT2D eigenvalue weighted by Gasteiger charge is 2.07. The van der Waals surface area contributed by atoms with E-state index in [-0.39, 0.29) is 0 Å². The third-order valence-electron chi connectivity index (χ3n) is 1.72. The lowest BCUT2D eigenvalue weighted by molar-refractivity contribution is 0.660. The summed E-state index contributed by atoms with van der Waals surface area (Å²) in [7, 11) is 0. The van der Waals surface area contributed by atoms with Crippen LogP contribution in [0.4, 0.5) is 0 Å². The van der Waals surface area contributed by atoms with E-state index in [0.717, 1.165) is 10.9 Å². The molecule has 0 aliphatic carbocycles. The molecule has 0 atom stereocenters. The number of halogens is 3. The minimum Gasteiger partial charge on any atom is -0.263 e. The predicted molar refractivity (Wildman–Crippen MR) is 60.6 cm³/mol. The van der Waals surface area contributed by atoms with Crippen LogP contribution in [0.2, 0.25) is 0 Å². The molecule has 0 aliphatic heterocycles. The van der Waals surface area contributed by atoms with Crippen molar-refractivity contribution >= 4 is 39.1 Å². The van der Waals surface area contributed by atoms with Crippen molar-refractivity contribution in [3.8, 4) is 0 Å². The molecule has 0 saturated carbocycles. The summed E-state index contributed by atoms with van der Waals surface area (Å²) in [4.78, 5) is 4.07. The van der Waals surface area contributed by atoms with Gasteiger partial charge in [-0.15, -0.1) is 23.2 Å². The van der Waals surface area contributed by atoms with Gasteiger partial charge in [0.2, 0.25) is 0 Å². The van der Waals surface area contributed by atoms with Gasteiger partial charge in [-0.25, -0.2) is 0 Å². The quantitative estimate of drug-likeness (QED) is 0.771. The van der Waals surface area contributed by atoms with Gasteiger partial charge in [-0.3, -0.25) is 4.98 Å². The maximum atomic E-state index is 5.74. The minimum atomic E-state index is 0.333. The fraction of sp³-hybridized carbons (Fsp3) is 0.444. The highest BCUT2D eigenvalue weighted by molar-refractivity contribution is 9.10. The lowest BCUT2D eigenvalue weighted by Gasteiger charge is -2.09. The number of hydrogen-bond acceptors (Lipinski definition) is 1. The van der Waals surface area contributed by atoms with Crippen molar-refractivity contribution in [3.63, 3.8) is 0 Å². The Morgan fingerprint density at radius 2 is 2.00 bits per heavy atom. The van der Waals surface area contributed by atoms with E-state index in [1.807, 2.05) is 12.3 Å². The zero-order chi connectivity index (χ0) is 9.68. The first-order chi connectivity index (χ1) is 6.26. The normalized spacial score (nSPS) is 10.8. The lowest BCUT2D eigenvalue weighted by Crippen LogP contribution is -2.08. The fourth-order valence-corrected chi connectivity index (χ4v) is 2.01. The van der Waals surface area contributed by atoms with Crippen molar-refractivity contribution in [3.05, 3.63) is 28.5 Å². The van der Waals surface area contributed by atoms with Crippen LogP contribution in [0, 0.1) is 5.92 Å². The number of aromatic nitrogens is 1. The monoisotopic (exact) mass is 281 g/mol. The second-order valence-electron chi connectivity index (χ2n) is 2.89. The van der Waals surface area contributed by atoms with Crippen molar-refractivity contribution in [1.82, 2.24) is 4.98 Å². The Balaban J connectivity index is 2.62. The Hall–Kier alpha value is 0.210. The Kier molecular flexibility index (Phi) is 5.07. The van der Waals surface area contributed by atoms with E-state index in [4.69, 9.17) is 23.2 Å². The van der Waals surface area contributed by atoms with Gasteiger partial charge in [-0.05, 0) is 39.9 Å². The van der Waals surface area contributed by atoms with Crippen molar-refractivity contribution < 1.29 is 0 Å². The van der Waals surface area contributed by atoms with Crippen molar-refractivity contribution in [2.45, 2.75) is 6.42 Å². The fourth-order valence-electron chi connectivity index (χ4n) is 1.05. The van der Waals surface area contributed by atoms with Crippen LogP contribution in [0.1, 0.15) is 5.56 Å². The number of hydrogen-bond donors (Lipinski definition) is 0. The molecule has 0 amide bonds. The molecule has 0 radical (unpaired) electrons. The summed E-state index contributed by atoms with van der Waals surface area (Å²) < 4.78 is 0.993. The molecular formula is C9H10BrCl2N. The Morgan fingerprint density at radius 3 is 2.54 bits per heavy atom. The molecule has 1 nitrogen and oxygen atoms in total. The van der Waals surface area contributed by atoms with Gasteiger partial charge in [0.25, 0.3) is 0 Å². The molecule has 4 heteroatoms. The maximum Gasteiger partial charge on any atom is 0.0410 e. The molecule has 0 bridgehead atoms. The van der Waals surface area contributed by atoms with E-state index in [0.29, 0.717) is 17.7 Å². The van der Waals surface area contributed by atoms with E-state index in [2.05, 4.69) is 20.9 Å². The maximum absolute atomic E-state index is 5.74. The van der Waals surface area contributed by atoms with Gasteiger partial charge in [-0.2, -0.15) is 0 Å². The summed E-state index contributed by atoms with van der Waals surface area (Å²) >= 11 is 14.8. The summed E-state index contributed by atoms with van der Waals surface area (Å²) in [6.07, 6.45) is 4.50. The van der Waals surface area contributed by atoms with Crippen molar-refractivity contribution in [1.29, 1.82) is 0 Å². The van der Waals surface area contributed by atoms with Crippen LogP contribution < -0.4 is 0 Å². The molecule has 1 aromatic heterocycles. The molecule has 0 aromatic carbocycles. The Morgan fingerprint density at radius 1 is 1.31 bits per heavy atom. The Labute approximate surface area is 96.6 Å². The number of alkyl halides is 2. The number of rotatable bonds is 4. The van der Waals surface area contributed by atoms with Gasteiger partial charge < -0.3 is 0 Å².